The molecule has 1 aromatic carbocycles. The normalized spacial score (nSPS) is 10.3. The molecule has 0 aliphatic carbocycles. The molecule has 2 rings (SSSR count). The second-order valence-corrected chi connectivity index (χ2v) is 5.08. The van der Waals surface area contributed by atoms with Crippen LogP contribution in [0.4, 0.5) is 0 Å². The van der Waals surface area contributed by atoms with E-state index in [1.807, 2.05) is 0 Å². The van der Waals surface area contributed by atoms with Crippen LogP contribution in [0.5, 0.6) is 5.75 Å². The van der Waals surface area contributed by atoms with E-state index < -0.39 is 17.6 Å². The van der Waals surface area contributed by atoms with Crippen LogP contribution in [-0.4, -0.2) is 23.5 Å². The monoisotopic (exact) mass is 342 g/mol. The fraction of sp³-hybridized carbons (Fsp3) is 0.143. The number of amides is 2. The Labute approximate surface area is 136 Å². The molecule has 0 fully saturated rings. The standard InChI is InChI=1S/C14H12Cl2N2O4/c15-10-4-3-9(13(20)12(10)16)14(21)18-7-11(19)17-6-8-2-1-5-22-8/h1-5,20H,6-7H2,(H,17,19)(H,18,21). The Bertz CT molecular complexity index is 686. The van der Waals surface area contributed by atoms with Crippen molar-refractivity contribution in [3.8, 4) is 5.75 Å². The van der Waals surface area contributed by atoms with Crippen molar-refractivity contribution in [3.63, 3.8) is 0 Å². The van der Waals surface area contributed by atoms with Gasteiger partial charge in [-0.2, -0.15) is 0 Å². The van der Waals surface area contributed by atoms with Gasteiger partial charge in [0.05, 0.1) is 29.9 Å². The van der Waals surface area contributed by atoms with Gasteiger partial charge in [0.2, 0.25) is 5.91 Å². The van der Waals surface area contributed by atoms with E-state index in [9.17, 15) is 14.7 Å². The zero-order valence-corrected chi connectivity index (χ0v) is 12.7. The highest BCUT2D eigenvalue weighted by molar-refractivity contribution is 6.43. The number of halogens is 2. The van der Waals surface area contributed by atoms with E-state index in [-0.39, 0.29) is 28.7 Å². The molecule has 2 amide bonds. The van der Waals surface area contributed by atoms with Gasteiger partial charge in [-0.3, -0.25) is 9.59 Å². The number of benzene rings is 1. The van der Waals surface area contributed by atoms with Gasteiger partial charge < -0.3 is 20.2 Å². The molecular formula is C14H12Cl2N2O4. The van der Waals surface area contributed by atoms with E-state index >= 15 is 0 Å². The molecule has 1 aromatic heterocycles. The van der Waals surface area contributed by atoms with Crippen LogP contribution in [0.3, 0.4) is 0 Å². The summed E-state index contributed by atoms with van der Waals surface area (Å²) in [5, 5.41) is 14.7. The number of rotatable bonds is 5. The predicted octanol–water partition coefficient (Wildman–Crippen LogP) is 2.34. The third-order valence-electron chi connectivity index (χ3n) is 2.76. The van der Waals surface area contributed by atoms with Gasteiger partial charge in [-0.25, -0.2) is 0 Å². The highest BCUT2D eigenvalue weighted by Crippen LogP contribution is 2.33. The summed E-state index contributed by atoms with van der Waals surface area (Å²) < 4.78 is 5.06. The maximum atomic E-state index is 11.9. The van der Waals surface area contributed by atoms with Gasteiger partial charge in [0, 0.05) is 0 Å². The molecule has 0 radical (unpaired) electrons. The van der Waals surface area contributed by atoms with Crippen LogP contribution in [0.25, 0.3) is 0 Å². The van der Waals surface area contributed by atoms with Crippen LogP contribution in [0.15, 0.2) is 34.9 Å². The van der Waals surface area contributed by atoms with Crippen LogP contribution in [0, 0.1) is 0 Å². The maximum Gasteiger partial charge on any atom is 0.255 e. The second-order valence-electron chi connectivity index (χ2n) is 4.30. The molecule has 0 bridgehead atoms. The molecule has 116 valence electrons. The smallest absolute Gasteiger partial charge is 0.255 e. The van der Waals surface area contributed by atoms with Crippen molar-refractivity contribution in [2.24, 2.45) is 0 Å². The van der Waals surface area contributed by atoms with Crippen LogP contribution in [0.1, 0.15) is 16.1 Å². The minimum atomic E-state index is -0.635. The molecule has 3 N–H and O–H groups in total. The lowest BCUT2D eigenvalue weighted by molar-refractivity contribution is -0.120. The lowest BCUT2D eigenvalue weighted by Gasteiger charge is -2.08. The number of phenols is 1. The van der Waals surface area contributed by atoms with Crippen LogP contribution in [0.2, 0.25) is 10.0 Å². The fourth-order valence-electron chi connectivity index (χ4n) is 1.64. The Balaban J connectivity index is 1.87. The average molecular weight is 343 g/mol. The Morgan fingerprint density at radius 2 is 1.95 bits per heavy atom. The summed E-state index contributed by atoms with van der Waals surface area (Å²) in [6, 6.07) is 6.12. The number of furan rings is 1. The molecule has 22 heavy (non-hydrogen) atoms. The lowest BCUT2D eigenvalue weighted by Crippen LogP contribution is -2.36. The van der Waals surface area contributed by atoms with E-state index in [0.29, 0.717) is 5.76 Å². The molecule has 0 atom stereocenters. The number of carbonyl (C=O) groups excluding carboxylic acids is 2. The zero-order valence-electron chi connectivity index (χ0n) is 11.2. The average Bonchev–Trinajstić information content (AvgIpc) is 3.02. The number of aromatic hydroxyl groups is 1. The van der Waals surface area contributed by atoms with Gasteiger partial charge in [-0.1, -0.05) is 23.2 Å². The molecule has 0 spiro atoms. The minimum absolute atomic E-state index is 0.0618. The molecule has 2 aromatic rings. The van der Waals surface area contributed by atoms with Gasteiger partial charge in [-0.15, -0.1) is 0 Å². The van der Waals surface area contributed by atoms with Gasteiger partial charge in [0.25, 0.3) is 5.91 Å². The van der Waals surface area contributed by atoms with Gasteiger partial charge in [0.1, 0.15) is 16.5 Å². The van der Waals surface area contributed by atoms with Crippen molar-refractivity contribution in [2.45, 2.75) is 6.54 Å². The molecule has 0 saturated heterocycles. The Kier molecular flexibility index (Phi) is 5.30. The van der Waals surface area contributed by atoms with Crippen molar-refractivity contribution < 1.29 is 19.1 Å². The van der Waals surface area contributed by atoms with E-state index in [0.717, 1.165) is 0 Å². The number of hydrogen-bond donors (Lipinski definition) is 3. The lowest BCUT2D eigenvalue weighted by atomic mass is 10.2. The first-order valence-electron chi connectivity index (χ1n) is 6.23. The third-order valence-corrected chi connectivity index (χ3v) is 3.56. The summed E-state index contributed by atoms with van der Waals surface area (Å²) in [6.07, 6.45) is 1.50. The molecular weight excluding hydrogens is 331 g/mol. The summed E-state index contributed by atoms with van der Waals surface area (Å²) in [5.74, 6) is -0.863. The zero-order chi connectivity index (χ0) is 16.1. The van der Waals surface area contributed by atoms with Gasteiger partial charge in [0.15, 0.2) is 0 Å². The third kappa shape index (κ3) is 3.93. The number of phenolic OH excluding ortho intramolecular Hbond substituents is 1. The quantitative estimate of drug-likeness (QED) is 0.777. The maximum absolute atomic E-state index is 11.9. The molecule has 0 aliphatic rings. The summed E-state index contributed by atoms with van der Waals surface area (Å²) in [6.45, 7) is -0.0288. The molecule has 0 aliphatic heterocycles. The topological polar surface area (TPSA) is 91.6 Å². The second kappa shape index (κ2) is 7.20. The highest BCUT2D eigenvalue weighted by atomic mass is 35.5. The van der Waals surface area contributed by atoms with Crippen LogP contribution >= 0.6 is 23.2 Å². The van der Waals surface area contributed by atoms with Crippen molar-refractivity contribution in [2.75, 3.05) is 6.54 Å². The van der Waals surface area contributed by atoms with Crippen LogP contribution < -0.4 is 10.6 Å². The number of carbonyl (C=O) groups is 2. The van der Waals surface area contributed by atoms with Crippen molar-refractivity contribution in [1.29, 1.82) is 0 Å². The van der Waals surface area contributed by atoms with Crippen molar-refractivity contribution in [1.82, 2.24) is 10.6 Å². The summed E-state index contributed by atoms with van der Waals surface area (Å²) >= 11 is 11.5. The summed E-state index contributed by atoms with van der Waals surface area (Å²) in [4.78, 5) is 23.5. The first-order chi connectivity index (χ1) is 10.5. The minimum Gasteiger partial charge on any atom is -0.505 e. The SMILES string of the molecule is O=C(CNC(=O)c1ccc(Cl)c(Cl)c1O)NCc1ccco1. The number of hydrogen-bond acceptors (Lipinski definition) is 4. The van der Waals surface area contributed by atoms with E-state index in [1.165, 1.54) is 18.4 Å². The summed E-state index contributed by atoms with van der Waals surface area (Å²) in [7, 11) is 0. The number of nitrogens with one attached hydrogen (secondary N) is 2. The van der Waals surface area contributed by atoms with Gasteiger partial charge in [-0.05, 0) is 24.3 Å². The van der Waals surface area contributed by atoms with E-state index in [4.69, 9.17) is 27.6 Å². The van der Waals surface area contributed by atoms with E-state index in [1.54, 1.807) is 12.1 Å². The molecule has 0 unspecified atom stereocenters. The van der Waals surface area contributed by atoms with Crippen molar-refractivity contribution >= 4 is 35.0 Å². The molecule has 0 saturated carbocycles. The van der Waals surface area contributed by atoms with E-state index in [2.05, 4.69) is 10.6 Å². The summed E-state index contributed by atoms with van der Waals surface area (Å²) in [5.41, 5.74) is -0.0618. The Morgan fingerprint density at radius 1 is 1.18 bits per heavy atom. The van der Waals surface area contributed by atoms with Gasteiger partial charge >= 0.3 is 0 Å². The highest BCUT2D eigenvalue weighted by Gasteiger charge is 2.16. The Morgan fingerprint density at radius 3 is 2.64 bits per heavy atom. The van der Waals surface area contributed by atoms with Crippen LogP contribution in [-0.2, 0) is 11.3 Å². The largest absolute Gasteiger partial charge is 0.505 e. The molecule has 6 nitrogen and oxygen atoms in total. The first kappa shape index (κ1) is 16.2. The Hall–Kier alpha value is -2.18. The van der Waals surface area contributed by atoms with Crippen molar-refractivity contribution in [3.05, 3.63) is 51.9 Å². The molecule has 1 heterocycles. The first-order valence-corrected chi connectivity index (χ1v) is 6.99. The molecule has 8 heteroatoms. The fourth-order valence-corrected chi connectivity index (χ4v) is 1.96. The predicted molar refractivity (Wildman–Crippen MR) is 81.0 cm³/mol.